The fourth-order valence-electron chi connectivity index (χ4n) is 12.8. The Morgan fingerprint density at radius 2 is 0.382 bits per heavy atom. The van der Waals surface area contributed by atoms with E-state index in [2.05, 4.69) is 388 Å². The summed E-state index contributed by atoms with van der Waals surface area (Å²) in [6.45, 7) is 53.2. The summed E-state index contributed by atoms with van der Waals surface area (Å²) in [6.07, 6.45) is 0. The lowest BCUT2D eigenvalue weighted by Crippen LogP contribution is -2.05. The van der Waals surface area contributed by atoms with E-state index in [4.69, 9.17) is 4.74 Å². The lowest BCUT2D eigenvalue weighted by molar-refractivity contribution is 0.478. The zero-order chi connectivity index (χ0) is 80.1. The van der Waals surface area contributed by atoms with Crippen molar-refractivity contribution in [3.63, 3.8) is 0 Å². The van der Waals surface area contributed by atoms with Crippen LogP contribution in [0.1, 0.15) is 247 Å². The van der Waals surface area contributed by atoms with Gasteiger partial charge in [0.2, 0.25) is 0 Å². The van der Waals surface area contributed by atoms with Gasteiger partial charge in [-0.3, -0.25) is 0 Å². The molecule has 0 unspecified atom stereocenters. The molecule has 110 heavy (non-hydrogen) atoms. The third-order valence-corrected chi connectivity index (χ3v) is 21.3. The fourth-order valence-corrected chi connectivity index (χ4v) is 15.4. The summed E-state index contributed by atoms with van der Waals surface area (Å²) >= 11 is 0. The van der Waals surface area contributed by atoms with Crippen LogP contribution in [0.4, 0.5) is 34.1 Å². The molecular formula is C104H129N3OP2. The minimum Gasteiger partial charge on any atom is -0.457 e. The minimum atomic E-state index is 0.495. The largest absolute Gasteiger partial charge is 0.457 e. The molecule has 12 aromatic carbocycles. The van der Waals surface area contributed by atoms with Crippen LogP contribution >= 0.6 is 17.2 Å². The number of benzene rings is 12. The summed E-state index contributed by atoms with van der Waals surface area (Å²) in [5, 5.41) is 16.1. The average Bonchev–Trinajstić information content (AvgIpc) is 0.829. The van der Waals surface area contributed by atoms with E-state index in [1.54, 1.807) is 0 Å². The van der Waals surface area contributed by atoms with Gasteiger partial charge in [0.25, 0.3) is 0 Å². The molecule has 0 radical (unpaired) electrons. The van der Waals surface area contributed by atoms with Crippen molar-refractivity contribution in [1.29, 1.82) is 0 Å². The Morgan fingerprint density at radius 1 is 0.191 bits per heavy atom. The zero-order valence-electron chi connectivity index (χ0n) is 70.9. The van der Waals surface area contributed by atoms with Crippen LogP contribution in [-0.4, -0.2) is 0 Å². The van der Waals surface area contributed by atoms with Crippen LogP contribution in [0.5, 0.6) is 11.5 Å². The molecule has 12 rings (SSSR count). The molecule has 0 aliphatic rings. The van der Waals surface area contributed by atoms with Crippen LogP contribution in [-0.2, 0) is 0 Å². The number of anilines is 6. The molecule has 3 N–H and O–H groups in total. The van der Waals surface area contributed by atoms with Crippen LogP contribution in [0, 0.1) is 55.4 Å². The first-order valence-electron chi connectivity index (χ1n) is 40.0. The van der Waals surface area contributed by atoms with Gasteiger partial charge in [-0.05, 0) is 288 Å². The van der Waals surface area contributed by atoms with Crippen molar-refractivity contribution >= 4 is 72.5 Å². The number of aryl methyl sites for hydroxylation is 8. The molecule has 0 saturated heterocycles. The van der Waals surface area contributed by atoms with E-state index in [1.807, 2.05) is 60.7 Å². The highest BCUT2D eigenvalue weighted by Crippen LogP contribution is 2.36. The van der Waals surface area contributed by atoms with E-state index in [-0.39, 0.29) is 0 Å². The summed E-state index contributed by atoms with van der Waals surface area (Å²) < 4.78 is 6.34. The molecule has 576 valence electrons. The van der Waals surface area contributed by atoms with Gasteiger partial charge in [-0.25, -0.2) is 0 Å². The highest BCUT2D eigenvalue weighted by Gasteiger charge is 2.15. The molecule has 0 amide bonds. The quantitative estimate of drug-likeness (QED) is 0.0666. The smallest absolute Gasteiger partial charge is 0.127 e. The first-order chi connectivity index (χ1) is 52.3. The number of nitrogens with one attached hydrogen (secondary N) is 3. The monoisotopic (exact) mass is 1500 g/mol. The lowest BCUT2D eigenvalue weighted by atomic mass is 9.93. The molecule has 0 fully saturated rings. The van der Waals surface area contributed by atoms with E-state index in [9.17, 15) is 0 Å². The standard InChI is InChI=1S/C24H35N.C24H34O.C16H19N.C16H19P.C12H11N.C12H11P/c2*1-15(2)19-9-20(16(3)4)12-23(11-19)25-24-13-21(17(5)6)10-22(14-24)18(7)8;2*1-11-5-12(2)8-15(7-11)17-16-9-13(3)6-14(4)10-16;2*1-3-7-11(8-4-1)13-12-9-5-2-6-10-12/h9-18,25H,1-8H3;9-18H,1-8H3;2*5-10,17H,1-4H3;2*1-10,13H. The second-order valence-corrected chi connectivity index (χ2v) is 35.2. The van der Waals surface area contributed by atoms with Crippen molar-refractivity contribution in [2.24, 2.45) is 0 Å². The molecular weight excluding hydrogens is 1370 g/mol. The van der Waals surface area contributed by atoms with E-state index >= 15 is 0 Å². The molecule has 0 saturated carbocycles. The number of rotatable bonds is 20. The van der Waals surface area contributed by atoms with E-state index < -0.39 is 0 Å². The van der Waals surface area contributed by atoms with Crippen molar-refractivity contribution in [2.45, 2.75) is 214 Å². The molecule has 0 bridgehead atoms. The average molecular weight is 1500 g/mol. The Balaban J connectivity index is 0.000000187. The van der Waals surface area contributed by atoms with Gasteiger partial charge in [-0.1, -0.05) is 320 Å². The zero-order valence-corrected chi connectivity index (χ0v) is 72.9. The number of ether oxygens (including phenoxy) is 1. The fraction of sp³-hybridized carbons (Fsp3) is 0.308. The molecule has 0 atom stereocenters. The predicted octanol–water partition coefficient (Wildman–Crippen LogP) is 29.9. The van der Waals surface area contributed by atoms with Crippen molar-refractivity contribution < 1.29 is 4.74 Å². The second-order valence-electron chi connectivity index (χ2n) is 32.4. The van der Waals surface area contributed by atoms with Gasteiger partial charge in [0.15, 0.2) is 0 Å². The van der Waals surface area contributed by atoms with Gasteiger partial charge in [0, 0.05) is 34.1 Å². The number of hydrogen-bond acceptors (Lipinski definition) is 4. The van der Waals surface area contributed by atoms with Gasteiger partial charge in [-0.2, -0.15) is 0 Å². The van der Waals surface area contributed by atoms with Gasteiger partial charge in [0.05, 0.1) is 0 Å². The van der Waals surface area contributed by atoms with Gasteiger partial charge >= 0.3 is 0 Å². The number of para-hydroxylation sites is 2. The summed E-state index contributed by atoms with van der Waals surface area (Å²) in [5.41, 5.74) is 28.5. The molecule has 0 spiro atoms. The van der Waals surface area contributed by atoms with Crippen LogP contribution in [0.3, 0.4) is 0 Å². The minimum absolute atomic E-state index is 0.495. The molecule has 0 heterocycles. The van der Waals surface area contributed by atoms with Gasteiger partial charge < -0.3 is 20.7 Å². The molecule has 0 aliphatic carbocycles. The predicted molar refractivity (Wildman–Crippen MR) is 493 cm³/mol. The molecule has 12 aromatic rings. The van der Waals surface area contributed by atoms with E-state index in [0.717, 1.165) is 51.4 Å². The lowest BCUT2D eigenvalue weighted by Gasteiger charge is -2.18. The Labute approximate surface area is 669 Å². The molecule has 0 aromatic heterocycles. The van der Waals surface area contributed by atoms with E-state index in [1.165, 1.54) is 122 Å². The van der Waals surface area contributed by atoms with Gasteiger partial charge in [-0.15, -0.1) is 0 Å². The topological polar surface area (TPSA) is 45.3 Å². The van der Waals surface area contributed by atoms with Crippen LogP contribution < -0.4 is 41.9 Å². The SMILES string of the molecule is CC(C)c1cc(Nc2cc(C(C)C)cc(C(C)C)c2)cc(C(C)C)c1.CC(C)c1cc(Oc2cc(C(C)C)cc(C(C)C)c2)cc(C(C)C)c1.Cc1cc(C)cc(Nc2cc(C)cc(C)c2)c1.Cc1cc(C)cc(Pc2cc(C)cc(C)c2)c1.c1ccc(Nc2ccccc2)cc1.c1ccc(Pc2ccccc2)cc1. The normalized spacial score (nSPS) is 10.9. The maximum Gasteiger partial charge on any atom is 0.127 e. The maximum atomic E-state index is 6.34. The Kier molecular flexibility index (Phi) is 35.1. The van der Waals surface area contributed by atoms with Crippen molar-refractivity contribution in [3.8, 4) is 11.5 Å². The number of hydrogen-bond donors (Lipinski definition) is 3. The Hall–Kier alpha value is -9.30. The first-order valence-corrected chi connectivity index (χ1v) is 42.0. The second kappa shape index (κ2) is 43.9. The Bertz CT molecular complexity index is 3980. The van der Waals surface area contributed by atoms with Crippen LogP contribution in [0.25, 0.3) is 0 Å². The highest BCUT2D eigenvalue weighted by atomic mass is 31.1. The Morgan fingerprint density at radius 3 is 0.618 bits per heavy atom. The summed E-state index contributed by atoms with van der Waals surface area (Å²) in [6, 6.07) is 95.4. The van der Waals surface area contributed by atoms with Gasteiger partial charge in [0.1, 0.15) is 11.5 Å². The summed E-state index contributed by atoms with van der Waals surface area (Å²) in [5.74, 6) is 6.02. The molecule has 4 nitrogen and oxygen atoms in total. The maximum absolute atomic E-state index is 6.34. The summed E-state index contributed by atoms with van der Waals surface area (Å²) in [7, 11) is 1.54. The molecule has 6 heteroatoms. The van der Waals surface area contributed by atoms with Crippen molar-refractivity contribution in [2.75, 3.05) is 16.0 Å². The van der Waals surface area contributed by atoms with Crippen LogP contribution in [0.15, 0.2) is 267 Å². The van der Waals surface area contributed by atoms with E-state index in [0.29, 0.717) is 47.3 Å². The van der Waals surface area contributed by atoms with Crippen molar-refractivity contribution in [3.05, 3.63) is 356 Å². The highest BCUT2D eigenvalue weighted by molar-refractivity contribution is 7.55. The molecule has 0 aliphatic heterocycles. The third-order valence-electron chi connectivity index (χ3n) is 18.9. The first kappa shape index (κ1) is 87.9. The van der Waals surface area contributed by atoms with Crippen LogP contribution in [0.2, 0.25) is 0 Å². The summed E-state index contributed by atoms with van der Waals surface area (Å²) in [4.78, 5) is 0. The van der Waals surface area contributed by atoms with Crippen molar-refractivity contribution in [1.82, 2.24) is 0 Å². The third kappa shape index (κ3) is 30.9.